The van der Waals surface area contributed by atoms with E-state index in [0.717, 1.165) is 17.7 Å². The summed E-state index contributed by atoms with van der Waals surface area (Å²) in [5.41, 5.74) is 3.25. The number of likely N-dealkylation sites (tertiary alicyclic amines) is 1. The molecule has 0 spiro atoms. The van der Waals surface area contributed by atoms with Gasteiger partial charge >= 0.3 is 0 Å². The second-order valence-corrected chi connectivity index (χ2v) is 7.57. The molecule has 1 saturated heterocycles. The average molecular weight is 372 g/mol. The summed E-state index contributed by atoms with van der Waals surface area (Å²) in [4.78, 5) is 36.1. The van der Waals surface area contributed by atoms with E-state index in [-0.39, 0.29) is 17.4 Å². The second kappa shape index (κ2) is 6.71. The highest BCUT2D eigenvalue weighted by Crippen LogP contribution is 2.36. The van der Waals surface area contributed by atoms with Crippen LogP contribution in [0.2, 0.25) is 0 Å². The number of hydrogen-bond acceptors (Lipinski definition) is 4. The Morgan fingerprint density at radius 3 is 2.61 bits per heavy atom. The van der Waals surface area contributed by atoms with Gasteiger partial charge in [0.05, 0.1) is 0 Å². The van der Waals surface area contributed by atoms with E-state index in [4.69, 9.17) is 0 Å². The molecule has 2 bridgehead atoms. The molecule has 0 radical (unpaired) electrons. The number of amides is 1. The Kier molecular flexibility index (Phi) is 4.04. The minimum absolute atomic E-state index is 0.0362. The molecule has 1 fully saturated rings. The molecule has 3 aromatic heterocycles. The molecule has 6 heteroatoms. The standard InChI is InChI=1S/C22H20N4O2/c27-21(16-5-8-23-9-6-16)25-12-15-10-18(14-25)20-4-3-19(22(28)26(20)13-15)17-2-1-7-24-11-17/h1-9,11,15,18H,10,12-14H2. The van der Waals surface area contributed by atoms with Crippen LogP contribution in [0.15, 0.2) is 66.0 Å². The third kappa shape index (κ3) is 2.81. The van der Waals surface area contributed by atoms with Crippen molar-refractivity contribution in [1.82, 2.24) is 19.4 Å². The summed E-state index contributed by atoms with van der Waals surface area (Å²) in [6.07, 6.45) is 7.74. The van der Waals surface area contributed by atoms with Crippen LogP contribution >= 0.6 is 0 Å². The van der Waals surface area contributed by atoms with Crippen molar-refractivity contribution in [1.29, 1.82) is 0 Å². The van der Waals surface area contributed by atoms with Crippen molar-refractivity contribution in [2.24, 2.45) is 5.92 Å². The van der Waals surface area contributed by atoms with Crippen LogP contribution < -0.4 is 5.56 Å². The summed E-state index contributed by atoms with van der Waals surface area (Å²) in [7, 11) is 0. The molecule has 28 heavy (non-hydrogen) atoms. The minimum atomic E-state index is 0.0362. The van der Waals surface area contributed by atoms with Gasteiger partial charge in [-0.05, 0) is 42.7 Å². The normalized spacial score (nSPS) is 20.5. The maximum atomic E-state index is 13.1. The number of pyridine rings is 3. The number of carbonyl (C=O) groups excluding carboxylic acids is 1. The molecule has 0 N–H and O–H groups in total. The van der Waals surface area contributed by atoms with Crippen molar-refractivity contribution in [3.05, 3.63) is 82.8 Å². The highest BCUT2D eigenvalue weighted by Gasteiger charge is 2.36. The Morgan fingerprint density at radius 1 is 0.964 bits per heavy atom. The zero-order valence-electron chi connectivity index (χ0n) is 15.4. The predicted octanol–water partition coefficient (Wildman–Crippen LogP) is 2.56. The second-order valence-electron chi connectivity index (χ2n) is 7.57. The summed E-state index contributed by atoms with van der Waals surface area (Å²) < 4.78 is 1.91. The van der Waals surface area contributed by atoms with E-state index in [1.807, 2.05) is 33.7 Å². The maximum absolute atomic E-state index is 13.1. The van der Waals surface area contributed by atoms with Crippen LogP contribution in [0, 0.1) is 5.92 Å². The molecule has 2 aliphatic rings. The fourth-order valence-electron chi connectivity index (χ4n) is 4.53. The highest BCUT2D eigenvalue weighted by molar-refractivity contribution is 5.94. The molecule has 2 unspecified atom stereocenters. The minimum Gasteiger partial charge on any atom is -0.338 e. The highest BCUT2D eigenvalue weighted by atomic mass is 16.2. The predicted molar refractivity (Wildman–Crippen MR) is 105 cm³/mol. The lowest BCUT2D eigenvalue weighted by Crippen LogP contribution is -2.49. The van der Waals surface area contributed by atoms with Crippen molar-refractivity contribution in [3.63, 3.8) is 0 Å². The molecule has 0 aromatic carbocycles. The molecule has 0 saturated carbocycles. The van der Waals surface area contributed by atoms with Gasteiger partial charge in [0.1, 0.15) is 0 Å². The number of hydrogen-bond donors (Lipinski definition) is 0. The van der Waals surface area contributed by atoms with Crippen LogP contribution in [0.4, 0.5) is 0 Å². The lowest BCUT2D eigenvalue weighted by atomic mass is 9.82. The van der Waals surface area contributed by atoms with E-state index in [1.165, 1.54) is 0 Å². The van der Waals surface area contributed by atoms with Crippen LogP contribution in [0.3, 0.4) is 0 Å². The van der Waals surface area contributed by atoms with E-state index in [2.05, 4.69) is 9.97 Å². The van der Waals surface area contributed by atoms with E-state index >= 15 is 0 Å². The topological polar surface area (TPSA) is 68.1 Å². The van der Waals surface area contributed by atoms with E-state index < -0.39 is 0 Å². The molecule has 5 rings (SSSR count). The SMILES string of the molecule is O=C(c1ccncc1)N1CC2CC(C1)c1ccc(-c3cccnc3)c(=O)n1C2. The van der Waals surface area contributed by atoms with Gasteiger partial charge in [0, 0.05) is 72.7 Å². The van der Waals surface area contributed by atoms with E-state index in [9.17, 15) is 9.59 Å². The Hall–Kier alpha value is -3.28. The van der Waals surface area contributed by atoms with Crippen LogP contribution in [0.5, 0.6) is 0 Å². The Morgan fingerprint density at radius 2 is 1.82 bits per heavy atom. The smallest absolute Gasteiger partial charge is 0.258 e. The van der Waals surface area contributed by atoms with Gasteiger partial charge in [0.2, 0.25) is 0 Å². The number of aromatic nitrogens is 3. The van der Waals surface area contributed by atoms with Crippen LogP contribution in [-0.2, 0) is 6.54 Å². The van der Waals surface area contributed by atoms with Gasteiger partial charge < -0.3 is 9.47 Å². The van der Waals surface area contributed by atoms with Gasteiger partial charge in [0.15, 0.2) is 0 Å². The van der Waals surface area contributed by atoms with Gasteiger partial charge in [-0.2, -0.15) is 0 Å². The zero-order valence-corrected chi connectivity index (χ0v) is 15.4. The first kappa shape index (κ1) is 16.9. The first-order chi connectivity index (χ1) is 13.7. The Labute approximate surface area is 162 Å². The third-order valence-electron chi connectivity index (χ3n) is 5.79. The van der Waals surface area contributed by atoms with E-state index in [0.29, 0.717) is 36.7 Å². The quantitative estimate of drug-likeness (QED) is 0.693. The van der Waals surface area contributed by atoms with Crippen molar-refractivity contribution in [2.75, 3.05) is 13.1 Å². The first-order valence-electron chi connectivity index (χ1n) is 9.54. The van der Waals surface area contributed by atoms with E-state index in [1.54, 1.807) is 36.9 Å². The Bertz CT molecular complexity index is 1080. The molecule has 140 valence electrons. The van der Waals surface area contributed by atoms with Crippen LogP contribution in [0.1, 0.15) is 28.4 Å². The Balaban J connectivity index is 1.47. The van der Waals surface area contributed by atoms with Crippen LogP contribution in [-0.4, -0.2) is 38.4 Å². The number of fused-ring (bicyclic) bond motifs is 4. The summed E-state index contributed by atoms with van der Waals surface area (Å²) in [5, 5.41) is 0. The largest absolute Gasteiger partial charge is 0.338 e. The number of piperidine rings is 1. The molecule has 1 amide bonds. The van der Waals surface area contributed by atoms with Gasteiger partial charge in [-0.1, -0.05) is 6.07 Å². The number of carbonyl (C=O) groups is 1. The summed E-state index contributed by atoms with van der Waals surface area (Å²) in [6, 6.07) is 11.2. The number of rotatable bonds is 2. The summed E-state index contributed by atoms with van der Waals surface area (Å²) in [5.74, 6) is 0.521. The monoisotopic (exact) mass is 372 g/mol. The molecule has 2 aliphatic heterocycles. The fourth-order valence-corrected chi connectivity index (χ4v) is 4.53. The molecule has 3 aromatic rings. The van der Waals surface area contributed by atoms with Gasteiger partial charge in [0.25, 0.3) is 11.5 Å². The molecule has 0 aliphatic carbocycles. The molecular formula is C22H20N4O2. The van der Waals surface area contributed by atoms with Gasteiger partial charge in [-0.15, -0.1) is 0 Å². The maximum Gasteiger partial charge on any atom is 0.258 e. The molecular weight excluding hydrogens is 352 g/mol. The fraction of sp³-hybridized carbons (Fsp3) is 0.273. The van der Waals surface area contributed by atoms with Crippen LogP contribution in [0.25, 0.3) is 11.1 Å². The lowest BCUT2D eigenvalue weighted by Gasteiger charge is -2.43. The van der Waals surface area contributed by atoms with Gasteiger partial charge in [-0.3, -0.25) is 19.6 Å². The van der Waals surface area contributed by atoms with Crippen molar-refractivity contribution >= 4 is 5.91 Å². The number of nitrogens with zero attached hydrogens (tertiary/aromatic N) is 4. The molecule has 2 atom stereocenters. The van der Waals surface area contributed by atoms with Crippen molar-refractivity contribution in [2.45, 2.75) is 18.9 Å². The molecule has 6 nitrogen and oxygen atoms in total. The average Bonchev–Trinajstić information content (AvgIpc) is 2.75. The third-order valence-corrected chi connectivity index (χ3v) is 5.79. The van der Waals surface area contributed by atoms with Gasteiger partial charge in [-0.25, -0.2) is 0 Å². The summed E-state index contributed by atoms with van der Waals surface area (Å²) >= 11 is 0. The van der Waals surface area contributed by atoms with Crippen molar-refractivity contribution < 1.29 is 4.79 Å². The van der Waals surface area contributed by atoms with Crippen molar-refractivity contribution in [3.8, 4) is 11.1 Å². The summed E-state index contributed by atoms with van der Waals surface area (Å²) in [6.45, 7) is 1.98. The zero-order chi connectivity index (χ0) is 19.1. The lowest BCUT2D eigenvalue weighted by molar-refractivity contribution is 0.0594. The molecule has 5 heterocycles. The first-order valence-corrected chi connectivity index (χ1v) is 9.54.